The molecule has 1 aliphatic rings. The summed E-state index contributed by atoms with van der Waals surface area (Å²) in [6, 6.07) is 8.76. The van der Waals surface area contributed by atoms with Gasteiger partial charge in [-0.3, -0.25) is 0 Å². The zero-order chi connectivity index (χ0) is 17.5. The number of benzene rings is 1. The molecule has 0 spiro atoms. The van der Waals surface area contributed by atoms with Gasteiger partial charge in [-0.15, -0.1) is 0 Å². The van der Waals surface area contributed by atoms with Crippen molar-refractivity contribution in [3.8, 4) is 11.4 Å². The summed E-state index contributed by atoms with van der Waals surface area (Å²) in [6.45, 7) is 4.54. The van der Waals surface area contributed by atoms with Gasteiger partial charge in [0.25, 0.3) is 0 Å². The molecule has 0 saturated heterocycles. The third-order valence-electron chi connectivity index (χ3n) is 5.72. The summed E-state index contributed by atoms with van der Waals surface area (Å²) in [6.07, 6.45) is 15.9. The average Bonchev–Trinajstić information content (AvgIpc) is 2.68. The molecule has 1 saturated carbocycles. The molecule has 0 unspecified atom stereocenters. The lowest BCUT2D eigenvalue weighted by atomic mass is 9.78. The summed E-state index contributed by atoms with van der Waals surface area (Å²) in [4.78, 5) is 9.32. The standard InChI is InChI=1S/C23H32N2/c1-3-5-7-19-10-14-21(15-11-19)23-24-16-22(17-25-23)20-12-8-18(6-4-2)9-13-20/h10-11,14-18,20H,3-9,12-13H2,1-2H3. The molecule has 134 valence electrons. The highest BCUT2D eigenvalue weighted by atomic mass is 14.9. The molecular formula is C23H32N2. The Hall–Kier alpha value is -1.70. The molecule has 1 aliphatic carbocycles. The molecule has 2 aromatic rings. The van der Waals surface area contributed by atoms with Gasteiger partial charge >= 0.3 is 0 Å². The fourth-order valence-corrected chi connectivity index (χ4v) is 4.09. The number of hydrogen-bond acceptors (Lipinski definition) is 2. The van der Waals surface area contributed by atoms with E-state index < -0.39 is 0 Å². The van der Waals surface area contributed by atoms with E-state index in [0.29, 0.717) is 5.92 Å². The van der Waals surface area contributed by atoms with Crippen molar-refractivity contribution < 1.29 is 0 Å². The zero-order valence-electron chi connectivity index (χ0n) is 15.9. The molecule has 2 nitrogen and oxygen atoms in total. The topological polar surface area (TPSA) is 25.8 Å². The maximum atomic E-state index is 4.66. The van der Waals surface area contributed by atoms with E-state index >= 15 is 0 Å². The molecule has 1 aromatic carbocycles. The first-order valence-electron chi connectivity index (χ1n) is 10.2. The summed E-state index contributed by atoms with van der Waals surface area (Å²) in [7, 11) is 0. The van der Waals surface area contributed by atoms with Crippen LogP contribution in [0.1, 0.15) is 82.3 Å². The van der Waals surface area contributed by atoms with E-state index in [1.807, 2.05) is 0 Å². The summed E-state index contributed by atoms with van der Waals surface area (Å²) in [5.74, 6) is 2.47. The van der Waals surface area contributed by atoms with E-state index in [4.69, 9.17) is 0 Å². The quantitative estimate of drug-likeness (QED) is 0.572. The molecule has 1 fully saturated rings. The fourth-order valence-electron chi connectivity index (χ4n) is 4.09. The van der Waals surface area contributed by atoms with Crippen LogP contribution in [0.15, 0.2) is 36.7 Å². The van der Waals surface area contributed by atoms with Gasteiger partial charge in [-0.1, -0.05) is 57.4 Å². The SMILES string of the molecule is CCCCc1ccc(-c2ncc(C3CCC(CCC)CC3)cn2)cc1. The van der Waals surface area contributed by atoms with Gasteiger partial charge in [0.05, 0.1) is 0 Å². The van der Waals surface area contributed by atoms with Crippen LogP contribution in [0, 0.1) is 5.92 Å². The highest BCUT2D eigenvalue weighted by Gasteiger charge is 2.22. The van der Waals surface area contributed by atoms with Crippen LogP contribution < -0.4 is 0 Å². The maximum absolute atomic E-state index is 4.66. The van der Waals surface area contributed by atoms with Crippen molar-refractivity contribution in [3.05, 3.63) is 47.8 Å². The summed E-state index contributed by atoms with van der Waals surface area (Å²) >= 11 is 0. The highest BCUT2D eigenvalue weighted by Crippen LogP contribution is 2.37. The Morgan fingerprint density at radius 3 is 2.16 bits per heavy atom. The average molecular weight is 337 g/mol. The predicted molar refractivity (Wildman–Crippen MR) is 106 cm³/mol. The van der Waals surface area contributed by atoms with Gasteiger partial charge in [0.1, 0.15) is 0 Å². The smallest absolute Gasteiger partial charge is 0.159 e. The Morgan fingerprint density at radius 2 is 1.56 bits per heavy atom. The molecule has 2 heteroatoms. The monoisotopic (exact) mass is 336 g/mol. The minimum absolute atomic E-state index is 0.665. The van der Waals surface area contributed by atoms with Crippen LogP contribution in [0.25, 0.3) is 11.4 Å². The van der Waals surface area contributed by atoms with Crippen LogP contribution in [0.4, 0.5) is 0 Å². The molecule has 0 amide bonds. The first-order valence-corrected chi connectivity index (χ1v) is 10.2. The van der Waals surface area contributed by atoms with E-state index in [1.54, 1.807) is 0 Å². The predicted octanol–water partition coefficient (Wildman–Crippen LogP) is 6.56. The Kier molecular flexibility index (Phi) is 6.61. The Bertz CT molecular complexity index is 622. The van der Waals surface area contributed by atoms with Gasteiger partial charge in [-0.2, -0.15) is 0 Å². The van der Waals surface area contributed by atoms with Crippen LogP contribution in [-0.4, -0.2) is 9.97 Å². The van der Waals surface area contributed by atoms with Crippen LogP contribution in [0.3, 0.4) is 0 Å². The number of nitrogens with zero attached hydrogens (tertiary/aromatic N) is 2. The van der Waals surface area contributed by atoms with Gasteiger partial charge in [-0.05, 0) is 61.5 Å². The minimum Gasteiger partial charge on any atom is -0.236 e. The number of aromatic nitrogens is 2. The van der Waals surface area contributed by atoms with Crippen LogP contribution in [-0.2, 0) is 6.42 Å². The van der Waals surface area contributed by atoms with Crippen LogP contribution >= 0.6 is 0 Å². The van der Waals surface area contributed by atoms with Crippen molar-refractivity contribution in [2.75, 3.05) is 0 Å². The minimum atomic E-state index is 0.665. The molecule has 1 heterocycles. The first kappa shape index (κ1) is 18.1. The lowest BCUT2D eigenvalue weighted by Crippen LogP contribution is -2.13. The zero-order valence-corrected chi connectivity index (χ0v) is 15.9. The fraction of sp³-hybridized carbons (Fsp3) is 0.565. The van der Waals surface area contributed by atoms with E-state index in [1.165, 1.54) is 62.5 Å². The second-order valence-corrected chi connectivity index (χ2v) is 7.65. The van der Waals surface area contributed by atoms with Gasteiger partial charge in [0.15, 0.2) is 5.82 Å². The molecular weight excluding hydrogens is 304 g/mol. The first-order chi connectivity index (χ1) is 12.3. The Balaban J connectivity index is 1.60. The van der Waals surface area contributed by atoms with Crippen LogP contribution in [0.2, 0.25) is 0 Å². The third kappa shape index (κ3) is 4.90. The molecule has 0 bridgehead atoms. The largest absolute Gasteiger partial charge is 0.236 e. The molecule has 3 rings (SSSR count). The van der Waals surface area contributed by atoms with Crippen LogP contribution in [0.5, 0.6) is 0 Å². The number of unbranched alkanes of at least 4 members (excludes halogenated alkanes) is 1. The van der Waals surface area contributed by atoms with Gasteiger partial charge in [0, 0.05) is 18.0 Å². The number of aryl methyl sites for hydroxylation is 1. The number of hydrogen-bond donors (Lipinski definition) is 0. The van der Waals surface area contributed by atoms with E-state index in [9.17, 15) is 0 Å². The molecule has 25 heavy (non-hydrogen) atoms. The van der Waals surface area contributed by atoms with Gasteiger partial charge in [0.2, 0.25) is 0 Å². The second kappa shape index (κ2) is 9.12. The summed E-state index contributed by atoms with van der Waals surface area (Å²) in [5, 5.41) is 0. The second-order valence-electron chi connectivity index (χ2n) is 7.65. The Morgan fingerprint density at radius 1 is 0.880 bits per heavy atom. The van der Waals surface area contributed by atoms with Crippen molar-refractivity contribution in [1.82, 2.24) is 9.97 Å². The normalized spacial score (nSPS) is 20.6. The molecule has 1 aromatic heterocycles. The van der Waals surface area contributed by atoms with E-state index in [0.717, 1.165) is 23.7 Å². The van der Waals surface area contributed by atoms with E-state index in [-0.39, 0.29) is 0 Å². The molecule has 0 aliphatic heterocycles. The third-order valence-corrected chi connectivity index (χ3v) is 5.72. The lowest BCUT2D eigenvalue weighted by molar-refractivity contribution is 0.308. The summed E-state index contributed by atoms with van der Waals surface area (Å²) in [5.41, 5.74) is 3.86. The maximum Gasteiger partial charge on any atom is 0.159 e. The molecule has 0 atom stereocenters. The van der Waals surface area contributed by atoms with Crippen molar-refractivity contribution >= 4 is 0 Å². The highest BCUT2D eigenvalue weighted by molar-refractivity contribution is 5.55. The van der Waals surface area contributed by atoms with Crippen molar-refractivity contribution in [2.45, 2.75) is 77.6 Å². The van der Waals surface area contributed by atoms with Crippen molar-refractivity contribution in [1.29, 1.82) is 0 Å². The molecule has 0 radical (unpaired) electrons. The lowest BCUT2D eigenvalue weighted by Gasteiger charge is -2.28. The van der Waals surface area contributed by atoms with Crippen molar-refractivity contribution in [3.63, 3.8) is 0 Å². The molecule has 0 N–H and O–H groups in total. The number of rotatable bonds is 7. The van der Waals surface area contributed by atoms with Gasteiger partial charge in [-0.25, -0.2) is 9.97 Å². The van der Waals surface area contributed by atoms with Crippen molar-refractivity contribution in [2.24, 2.45) is 5.92 Å². The summed E-state index contributed by atoms with van der Waals surface area (Å²) < 4.78 is 0. The van der Waals surface area contributed by atoms with Gasteiger partial charge < -0.3 is 0 Å². The van der Waals surface area contributed by atoms with E-state index in [2.05, 4.69) is 60.5 Å². The Labute approximate surface area is 153 Å².